The summed E-state index contributed by atoms with van der Waals surface area (Å²) in [4.78, 5) is 45.3. The molecule has 0 radical (unpaired) electrons. The molecule has 4 amide bonds. The van der Waals surface area contributed by atoms with Gasteiger partial charge in [-0.25, -0.2) is 9.59 Å². The van der Waals surface area contributed by atoms with Crippen LogP contribution in [0.3, 0.4) is 0 Å². The van der Waals surface area contributed by atoms with E-state index in [-0.39, 0.29) is 22.5 Å². The van der Waals surface area contributed by atoms with E-state index in [1.54, 1.807) is 17.9 Å². The van der Waals surface area contributed by atoms with Gasteiger partial charge in [-0.15, -0.1) is 0 Å². The topological polar surface area (TPSA) is 112 Å². The zero-order chi connectivity index (χ0) is 42.5. The highest BCUT2D eigenvalue weighted by atomic mass is 35.5. The number of nitrogens with one attached hydrogen (secondary N) is 3. The van der Waals surface area contributed by atoms with Crippen molar-refractivity contribution in [2.75, 3.05) is 41.3 Å². The summed E-state index contributed by atoms with van der Waals surface area (Å²) in [7, 11) is 0. The number of urea groups is 1. The van der Waals surface area contributed by atoms with Crippen molar-refractivity contribution in [2.24, 2.45) is 0 Å². The second-order valence-corrected chi connectivity index (χ2v) is 15.2. The average molecular weight is 821 g/mol. The second kappa shape index (κ2) is 25.8. The highest BCUT2D eigenvalue weighted by Crippen LogP contribution is 2.44. The molecule has 11 heteroatoms. The first kappa shape index (κ1) is 47.9. The molecule has 58 heavy (non-hydrogen) atoms. The normalized spacial score (nSPS) is 11.5. The zero-order valence-corrected chi connectivity index (χ0v) is 37.3. The van der Waals surface area contributed by atoms with E-state index in [9.17, 15) is 14.4 Å². The van der Waals surface area contributed by atoms with Crippen molar-refractivity contribution >= 4 is 52.4 Å². The Kier molecular flexibility index (Phi) is 21.3. The maximum Gasteiger partial charge on any atom is 0.412 e. The van der Waals surface area contributed by atoms with E-state index in [0.29, 0.717) is 42.2 Å². The number of rotatable bonds is 25. The van der Waals surface area contributed by atoms with E-state index in [4.69, 9.17) is 21.1 Å². The van der Waals surface area contributed by atoms with E-state index in [1.165, 1.54) is 12.0 Å². The van der Waals surface area contributed by atoms with Crippen LogP contribution >= 0.6 is 11.6 Å². The number of carbonyl (C=O) groups is 3. The molecule has 320 valence electrons. The highest BCUT2D eigenvalue weighted by Gasteiger charge is 2.29. The fraction of sp³-hybridized carbons (Fsp3) is 0.553. The van der Waals surface area contributed by atoms with Gasteiger partial charge in [-0.1, -0.05) is 96.9 Å². The monoisotopic (exact) mass is 820 g/mol. The maximum atomic E-state index is 14.3. The third kappa shape index (κ3) is 14.1. The number of aryl methyl sites for hydroxylation is 2. The Morgan fingerprint density at radius 2 is 1.33 bits per heavy atom. The number of carbonyl (C=O) groups excluding carboxylic acids is 3. The number of anilines is 4. The SMILES string of the molecule is CCCCCc1ccc(OC(CC)C(=O)Nc2cc(N(C(=O)NCCCC)c3ccc(N(CC)CC)cc3)c(C)c(Cl)c2OC(=O)NCCCC)c(CCCCC)c1. The molecule has 0 saturated carbocycles. The van der Waals surface area contributed by atoms with Crippen LogP contribution in [-0.4, -0.2) is 50.3 Å². The first-order chi connectivity index (χ1) is 28.1. The molecule has 0 saturated heterocycles. The number of unbranched alkanes of at least 4 members (excludes halogenated alkanes) is 6. The van der Waals surface area contributed by atoms with Crippen LogP contribution in [0.25, 0.3) is 0 Å². The van der Waals surface area contributed by atoms with Gasteiger partial charge in [0.25, 0.3) is 5.91 Å². The molecule has 0 fully saturated rings. The number of hydrogen-bond acceptors (Lipinski definition) is 6. The number of hydrogen-bond donors (Lipinski definition) is 3. The smallest absolute Gasteiger partial charge is 0.412 e. The Morgan fingerprint density at radius 1 is 0.724 bits per heavy atom. The molecule has 3 aromatic rings. The minimum absolute atomic E-state index is 0.0139. The van der Waals surface area contributed by atoms with Crippen LogP contribution in [0.5, 0.6) is 11.5 Å². The van der Waals surface area contributed by atoms with Crippen molar-refractivity contribution < 1.29 is 23.9 Å². The van der Waals surface area contributed by atoms with Gasteiger partial charge in [0.1, 0.15) is 5.75 Å². The lowest BCUT2D eigenvalue weighted by molar-refractivity contribution is -0.122. The molecule has 0 heterocycles. The van der Waals surface area contributed by atoms with Crippen molar-refractivity contribution in [1.82, 2.24) is 10.6 Å². The third-order valence-corrected chi connectivity index (χ3v) is 10.8. The van der Waals surface area contributed by atoms with E-state index in [0.717, 1.165) is 95.0 Å². The number of benzene rings is 3. The summed E-state index contributed by atoms with van der Waals surface area (Å²) >= 11 is 7.09. The maximum absolute atomic E-state index is 14.3. The molecule has 10 nitrogen and oxygen atoms in total. The van der Waals surface area contributed by atoms with Gasteiger partial charge in [-0.3, -0.25) is 9.69 Å². The van der Waals surface area contributed by atoms with Gasteiger partial charge in [-0.05, 0) is 119 Å². The lowest BCUT2D eigenvalue weighted by Crippen LogP contribution is -2.38. The predicted molar refractivity (Wildman–Crippen MR) is 242 cm³/mol. The highest BCUT2D eigenvalue weighted by molar-refractivity contribution is 6.34. The summed E-state index contributed by atoms with van der Waals surface area (Å²) in [5.41, 5.74) is 5.07. The molecule has 0 aliphatic rings. The summed E-state index contributed by atoms with van der Waals surface area (Å²) in [6.45, 7) is 19.0. The van der Waals surface area contributed by atoms with Crippen LogP contribution in [0.4, 0.5) is 32.3 Å². The van der Waals surface area contributed by atoms with Gasteiger partial charge in [0, 0.05) is 31.9 Å². The Hall–Kier alpha value is -4.44. The fourth-order valence-electron chi connectivity index (χ4n) is 6.78. The van der Waals surface area contributed by atoms with Gasteiger partial charge in [0.2, 0.25) is 0 Å². The molecule has 0 spiro atoms. The fourth-order valence-corrected chi connectivity index (χ4v) is 7.02. The Labute approximate surface area is 353 Å². The lowest BCUT2D eigenvalue weighted by Gasteiger charge is -2.28. The molecule has 3 N–H and O–H groups in total. The van der Waals surface area contributed by atoms with Crippen molar-refractivity contribution in [2.45, 2.75) is 145 Å². The minimum Gasteiger partial charge on any atom is -0.480 e. The standard InChI is InChI=1S/C47H70ClN5O5/c1-9-16-20-22-35-24-29-42(36(32-35)23-21-17-10-2)57-41(13-5)45(54)51-39-33-40(34(8)43(48)44(39)58-47(56)50-31-19-12-4)53(46(55)49-30-18-11-3)38-27-25-37(26-28-38)52(14-6)15-7/h24-29,32-33,41H,9-23,30-31H2,1-8H3,(H,49,55)(H,50,56)(H,51,54). The van der Waals surface area contributed by atoms with E-state index in [1.807, 2.05) is 44.2 Å². The Balaban J connectivity index is 2.11. The molecule has 3 rings (SSSR count). The quantitative estimate of drug-likeness (QED) is 0.0734. The number of ether oxygens (including phenoxy) is 2. The summed E-state index contributed by atoms with van der Waals surface area (Å²) in [6, 6.07) is 15.4. The van der Waals surface area contributed by atoms with Crippen LogP contribution in [0.1, 0.15) is 136 Å². The Bertz CT molecular complexity index is 1730. The van der Waals surface area contributed by atoms with Crippen molar-refractivity contribution in [3.63, 3.8) is 0 Å². The lowest BCUT2D eigenvalue weighted by atomic mass is 10.00. The first-order valence-corrected chi connectivity index (χ1v) is 22.3. The number of amides is 4. The van der Waals surface area contributed by atoms with E-state index < -0.39 is 18.1 Å². The summed E-state index contributed by atoms with van der Waals surface area (Å²) < 4.78 is 12.4. The summed E-state index contributed by atoms with van der Waals surface area (Å²) in [5, 5.41) is 8.91. The average Bonchev–Trinajstić information content (AvgIpc) is 3.22. The summed E-state index contributed by atoms with van der Waals surface area (Å²) in [6.07, 6.45) is 10.8. The first-order valence-electron chi connectivity index (χ1n) is 21.9. The van der Waals surface area contributed by atoms with Gasteiger partial charge >= 0.3 is 12.1 Å². The van der Waals surface area contributed by atoms with Crippen molar-refractivity contribution in [3.05, 3.63) is 70.2 Å². The molecule has 0 aliphatic heterocycles. The number of nitrogens with zero attached hydrogens (tertiary/aromatic N) is 2. The largest absolute Gasteiger partial charge is 0.480 e. The van der Waals surface area contributed by atoms with Crippen LogP contribution in [0.2, 0.25) is 5.02 Å². The van der Waals surface area contributed by atoms with E-state index in [2.05, 4.69) is 67.6 Å². The second-order valence-electron chi connectivity index (χ2n) is 14.9. The van der Waals surface area contributed by atoms with Gasteiger partial charge in [0.15, 0.2) is 11.9 Å². The summed E-state index contributed by atoms with van der Waals surface area (Å²) in [5.74, 6) is 0.244. The molecule has 1 atom stereocenters. The molecule has 3 aromatic carbocycles. The molecular weight excluding hydrogens is 750 g/mol. The zero-order valence-electron chi connectivity index (χ0n) is 36.5. The third-order valence-electron chi connectivity index (χ3n) is 10.4. The molecule has 0 aliphatic carbocycles. The molecule has 0 aromatic heterocycles. The predicted octanol–water partition coefficient (Wildman–Crippen LogP) is 12.3. The van der Waals surface area contributed by atoms with Crippen LogP contribution < -0.4 is 35.2 Å². The van der Waals surface area contributed by atoms with E-state index >= 15 is 0 Å². The van der Waals surface area contributed by atoms with Gasteiger partial charge in [-0.2, -0.15) is 0 Å². The number of halogens is 1. The van der Waals surface area contributed by atoms with Crippen LogP contribution in [0, 0.1) is 6.92 Å². The van der Waals surface area contributed by atoms with Crippen LogP contribution in [0.15, 0.2) is 48.5 Å². The minimum atomic E-state index is -0.869. The van der Waals surface area contributed by atoms with Crippen molar-refractivity contribution in [3.8, 4) is 11.5 Å². The van der Waals surface area contributed by atoms with Crippen LogP contribution in [-0.2, 0) is 17.6 Å². The van der Waals surface area contributed by atoms with Gasteiger partial charge < -0.3 is 30.3 Å². The molecular formula is C47H70ClN5O5. The Morgan fingerprint density at radius 3 is 1.93 bits per heavy atom. The molecule has 1 unspecified atom stereocenters. The van der Waals surface area contributed by atoms with Crippen molar-refractivity contribution in [1.29, 1.82) is 0 Å². The van der Waals surface area contributed by atoms with Gasteiger partial charge in [0.05, 0.1) is 22.1 Å². The molecule has 0 bridgehead atoms.